The fourth-order valence-corrected chi connectivity index (χ4v) is 2.50. The minimum atomic E-state index is -0.689. The van der Waals surface area contributed by atoms with Gasteiger partial charge < -0.3 is 4.42 Å². The summed E-state index contributed by atoms with van der Waals surface area (Å²) in [7, 11) is 0. The van der Waals surface area contributed by atoms with Crippen molar-refractivity contribution in [1.29, 1.82) is 0 Å². The molecule has 0 spiro atoms. The second-order valence-electron chi connectivity index (χ2n) is 6.04. The first kappa shape index (κ1) is 19.7. The maximum absolute atomic E-state index is 14.3. The average molecular weight is 360 g/mol. The molecule has 2 aromatic rings. The Labute approximate surface area is 152 Å². The molecule has 0 unspecified atom stereocenters. The number of rotatable bonds is 4. The van der Waals surface area contributed by atoms with Crippen LogP contribution >= 0.6 is 0 Å². The highest BCUT2D eigenvalue weighted by Gasteiger charge is 2.31. The van der Waals surface area contributed by atoms with E-state index >= 15 is 0 Å². The van der Waals surface area contributed by atoms with E-state index < -0.39 is 6.03 Å². The number of nitrogens with zero attached hydrogens (tertiary/aromatic N) is 1. The molecule has 1 heterocycles. The van der Waals surface area contributed by atoms with Crippen molar-refractivity contribution in [3.05, 3.63) is 53.2 Å². The summed E-state index contributed by atoms with van der Waals surface area (Å²) in [6, 6.07) is 5.62. The van der Waals surface area contributed by atoms with E-state index in [4.69, 9.17) is 16.1 Å². The molecule has 1 aromatic heterocycles. The number of nitrogens with two attached hydrogens (primary N) is 2. The van der Waals surface area contributed by atoms with Crippen LogP contribution in [0.1, 0.15) is 55.9 Å². The van der Waals surface area contributed by atoms with Crippen molar-refractivity contribution in [2.24, 2.45) is 11.7 Å². The molecule has 0 saturated heterocycles. The number of carbonyl (C=O) groups excluding carboxylic acids is 1. The van der Waals surface area contributed by atoms with Crippen molar-refractivity contribution in [2.45, 2.75) is 39.0 Å². The number of carbonyl (C=O) groups is 1. The van der Waals surface area contributed by atoms with Gasteiger partial charge in [0.1, 0.15) is 11.6 Å². The predicted octanol–water partition coefficient (Wildman–Crippen LogP) is 4.15. The fraction of sp³-hybridized carbons (Fsp3) is 0.316. The van der Waals surface area contributed by atoms with Gasteiger partial charge in [-0.15, -0.1) is 0 Å². The maximum Gasteiger partial charge on any atom is 0.350 e. The monoisotopic (exact) mass is 360 g/mol. The summed E-state index contributed by atoms with van der Waals surface area (Å²) in [6.45, 7) is 4.25. The minimum Gasteiger partial charge on any atom is -0.465 e. The number of urea groups is 1. The molecule has 0 bridgehead atoms. The van der Waals surface area contributed by atoms with Crippen LogP contribution in [0.15, 0.2) is 34.9 Å². The normalized spacial score (nSPS) is 13.3. The van der Waals surface area contributed by atoms with E-state index in [1.165, 1.54) is 18.6 Å². The summed E-state index contributed by atoms with van der Waals surface area (Å²) in [6.07, 6.45) is 8.03. The third-order valence-electron chi connectivity index (χ3n) is 3.76. The van der Waals surface area contributed by atoms with Gasteiger partial charge in [-0.1, -0.05) is 20.3 Å². The van der Waals surface area contributed by atoms with Gasteiger partial charge in [-0.3, -0.25) is 5.43 Å². The summed E-state index contributed by atoms with van der Waals surface area (Å²) in [5.41, 5.74) is 3.45. The molecule has 3 rings (SSSR count). The van der Waals surface area contributed by atoms with E-state index in [2.05, 4.69) is 13.8 Å². The molecule has 0 atom stereocenters. The highest BCUT2D eigenvalue weighted by atomic mass is 19.1. The summed E-state index contributed by atoms with van der Waals surface area (Å²) in [5, 5.41) is 0.868. The zero-order valence-corrected chi connectivity index (χ0v) is 15.0. The van der Waals surface area contributed by atoms with Gasteiger partial charge in [0.05, 0.1) is 12.0 Å². The largest absolute Gasteiger partial charge is 0.465 e. The minimum absolute atomic E-state index is 0.139. The molecule has 0 radical (unpaired) electrons. The van der Waals surface area contributed by atoms with Crippen LogP contribution in [0.2, 0.25) is 0 Å². The van der Waals surface area contributed by atoms with Crippen molar-refractivity contribution in [1.82, 2.24) is 5.43 Å². The Bertz CT molecular complexity index is 755. The predicted molar refractivity (Wildman–Crippen MR) is 101 cm³/mol. The van der Waals surface area contributed by atoms with Gasteiger partial charge in [-0.2, -0.15) is 0 Å². The maximum atomic E-state index is 14.3. The van der Waals surface area contributed by atoms with E-state index in [0.717, 1.165) is 17.9 Å². The molecular formula is C19H25FN4O2. The number of hydrazine groups is 2. The van der Waals surface area contributed by atoms with Gasteiger partial charge in [0.15, 0.2) is 0 Å². The Morgan fingerprint density at radius 2 is 2.04 bits per heavy atom. The molecule has 26 heavy (non-hydrogen) atoms. The molecule has 2 amide bonds. The summed E-state index contributed by atoms with van der Waals surface area (Å²) >= 11 is 0. The topological polar surface area (TPSA) is 97.5 Å². The number of anilines is 1. The summed E-state index contributed by atoms with van der Waals surface area (Å²) in [5.74, 6) is 11.4. The van der Waals surface area contributed by atoms with Gasteiger partial charge >= 0.3 is 6.03 Å². The zero-order chi connectivity index (χ0) is 19.1. The number of hydrogen-bond acceptors (Lipinski definition) is 4. The second kappa shape index (κ2) is 9.17. The van der Waals surface area contributed by atoms with Crippen LogP contribution < -0.4 is 22.1 Å². The SMILES string of the molecule is CCC.NNC(=O)N(N)c1ccc(F)c(C2CC2)c1/C=C/c1ccco1. The van der Waals surface area contributed by atoms with Crippen LogP contribution in [0.4, 0.5) is 14.9 Å². The standard InChI is InChI=1S/C16H17FN4O2.C3H8/c17-13-7-8-14(21(19)16(22)20-18)12(15(13)10-3-4-10)6-5-11-2-1-9-23-11;1-3-2/h1-2,5-10H,3-4,18-19H2,(H,20,22);3H2,1-2H3/b6-5+;. The Morgan fingerprint density at radius 1 is 1.35 bits per heavy atom. The van der Waals surface area contributed by atoms with E-state index in [0.29, 0.717) is 22.6 Å². The lowest BCUT2D eigenvalue weighted by molar-refractivity contribution is 0.246. The number of furan rings is 1. The number of nitrogens with one attached hydrogen (secondary N) is 1. The Balaban J connectivity index is 0.000000758. The Kier molecular flexibility index (Phi) is 6.94. The fourth-order valence-electron chi connectivity index (χ4n) is 2.50. The summed E-state index contributed by atoms with van der Waals surface area (Å²) < 4.78 is 19.5. The molecule has 140 valence electrons. The van der Waals surface area contributed by atoms with E-state index in [1.54, 1.807) is 30.5 Å². The van der Waals surface area contributed by atoms with Crippen LogP contribution in [0.3, 0.4) is 0 Å². The van der Waals surface area contributed by atoms with Gasteiger partial charge in [0, 0.05) is 11.1 Å². The van der Waals surface area contributed by atoms with Gasteiger partial charge in [-0.25, -0.2) is 25.9 Å². The first-order valence-electron chi connectivity index (χ1n) is 8.62. The zero-order valence-electron chi connectivity index (χ0n) is 15.0. The van der Waals surface area contributed by atoms with Crippen molar-refractivity contribution in [3.63, 3.8) is 0 Å². The smallest absolute Gasteiger partial charge is 0.350 e. The van der Waals surface area contributed by atoms with Crippen molar-refractivity contribution >= 4 is 23.9 Å². The van der Waals surface area contributed by atoms with Crippen LogP contribution in [0.5, 0.6) is 0 Å². The highest BCUT2D eigenvalue weighted by molar-refractivity contribution is 5.94. The van der Waals surface area contributed by atoms with Crippen LogP contribution in [0, 0.1) is 5.82 Å². The molecular weight excluding hydrogens is 335 g/mol. The Hall–Kier alpha value is -2.64. The van der Waals surface area contributed by atoms with Crippen LogP contribution in [0.25, 0.3) is 12.2 Å². The van der Waals surface area contributed by atoms with Crippen LogP contribution in [-0.2, 0) is 0 Å². The average Bonchev–Trinajstić information content (AvgIpc) is 3.33. The number of amides is 2. The molecule has 1 aliphatic carbocycles. The van der Waals surface area contributed by atoms with E-state index in [9.17, 15) is 9.18 Å². The molecule has 0 aliphatic heterocycles. The lowest BCUT2D eigenvalue weighted by Crippen LogP contribution is -2.48. The van der Waals surface area contributed by atoms with E-state index in [1.807, 2.05) is 5.43 Å². The lowest BCUT2D eigenvalue weighted by atomic mass is 9.99. The number of hydrogen-bond donors (Lipinski definition) is 3. The molecule has 5 N–H and O–H groups in total. The quantitative estimate of drug-likeness (QED) is 0.433. The molecule has 1 aromatic carbocycles. The van der Waals surface area contributed by atoms with E-state index in [-0.39, 0.29) is 11.7 Å². The first-order valence-corrected chi connectivity index (χ1v) is 8.62. The molecule has 6 nitrogen and oxygen atoms in total. The van der Waals surface area contributed by atoms with Gasteiger partial charge in [0.25, 0.3) is 0 Å². The lowest BCUT2D eigenvalue weighted by Gasteiger charge is -2.20. The molecule has 7 heteroatoms. The Morgan fingerprint density at radius 3 is 2.58 bits per heavy atom. The summed E-state index contributed by atoms with van der Waals surface area (Å²) in [4.78, 5) is 11.7. The first-order chi connectivity index (χ1) is 12.5. The van der Waals surface area contributed by atoms with Crippen LogP contribution in [-0.4, -0.2) is 6.03 Å². The number of halogens is 1. The van der Waals surface area contributed by atoms with Crippen molar-refractivity contribution in [2.75, 3.05) is 5.01 Å². The number of benzene rings is 1. The molecule has 1 fully saturated rings. The van der Waals surface area contributed by atoms with Crippen molar-refractivity contribution in [3.8, 4) is 0 Å². The second-order valence-corrected chi connectivity index (χ2v) is 6.04. The van der Waals surface area contributed by atoms with Gasteiger partial charge in [-0.05, 0) is 55.2 Å². The third-order valence-corrected chi connectivity index (χ3v) is 3.76. The third kappa shape index (κ3) is 4.71. The molecule has 1 saturated carbocycles. The van der Waals surface area contributed by atoms with Crippen molar-refractivity contribution < 1.29 is 13.6 Å². The van der Waals surface area contributed by atoms with Gasteiger partial charge in [0.2, 0.25) is 0 Å². The molecule has 1 aliphatic rings. The highest BCUT2D eigenvalue weighted by Crippen LogP contribution is 2.45.